The minimum atomic E-state index is -3.66. The van der Waals surface area contributed by atoms with Gasteiger partial charge in [0.25, 0.3) is 0 Å². The number of carbonyl (C=O) groups is 1. The van der Waals surface area contributed by atoms with Gasteiger partial charge in [-0.15, -0.1) is 11.3 Å². The highest BCUT2D eigenvalue weighted by molar-refractivity contribution is 7.89. The number of piperidine rings is 1. The van der Waals surface area contributed by atoms with Crippen LogP contribution in [-0.2, 0) is 14.8 Å². The smallest absolute Gasteiger partial charge is 0.243 e. The van der Waals surface area contributed by atoms with Gasteiger partial charge in [-0.1, -0.05) is 11.6 Å². The molecule has 0 saturated carbocycles. The van der Waals surface area contributed by atoms with E-state index in [4.69, 9.17) is 11.6 Å². The molecule has 168 valence electrons. The molecule has 0 radical (unpaired) electrons. The molecular formula is C21H18ClF2N3O3S2. The highest BCUT2D eigenvalue weighted by Crippen LogP contribution is 2.29. The Morgan fingerprint density at radius 1 is 1.12 bits per heavy atom. The first kappa shape index (κ1) is 22.8. The Morgan fingerprint density at radius 3 is 2.50 bits per heavy atom. The van der Waals surface area contributed by atoms with Crippen LogP contribution in [0.2, 0.25) is 5.02 Å². The fourth-order valence-electron chi connectivity index (χ4n) is 3.47. The molecule has 2 aromatic carbocycles. The standard InChI is InChI=1S/C21H18ClF2N3O3S2/c22-14-1-4-16(5-2-14)32(29,30)27-9-7-13(8-10-27)20(28)26-21-25-19(12-31-21)17-11-15(23)3-6-18(17)24/h1-6,11-13H,7-10H2,(H,25,26,28). The van der Waals surface area contributed by atoms with E-state index in [0.29, 0.717) is 17.9 Å². The van der Waals surface area contributed by atoms with Gasteiger partial charge < -0.3 is 5.32 Å². The second kappa shape index (κ2) is 9.22. The monoisotopic (exact) mass is 497 g/mol. The van der Waals surface area contributed by atoms with Crippen molar-refractivity contribution in [3.8, 4) is 11.3 Å². The number of carbonyl (C=O) groups excluding carboxylic acids is 1. The zero-order valence-corrected chi connectivity index (χ0v) is 19.0. The molecule has 0 atom stereocenters. The molecule has 6 nitrogen and oxygen atoms in total. The number of anilines is 1. The van der Waals surface area contributed by atoms with Gasteiger partial charge in [-0.3, -0.25) is 4.79 Å². The molecule has 1 amide bonds. The van der Waals surface area contributed by atoms with Gasteiger partial charge in [-0.25, -0.2) is 22.2 Å². The summed E-state index contributed by atoms with van der Waals surface area (Å²) < 4.78 is 54.3. The zero-order chi connectivity index (χ0) is 22.9. The van der Waals surface area contributed by atoms with E-state index in [0.717, 1.165) is 29.5 Å². The van der Waals surface area contributed by atoms with Crippen LogP contribution >= 0.6 is 22.9 Å². The van der Waals surface area contributed by atoms with E-state index >= 15 is 0 Å². The number of benzene rings is 2. The molecule has 0 unspecified atom stereocenters. The van der Waals surface area contributed by atoms with Gasteiger partial charge in [-0.2, -0.15) is 4.31 Å². The molecule has 1 N–H and O–H groups in total. The third-order valence-electron chi connectivity index (χ3n) is 5.21. The van der Waals surface area contributed by atoms with Crippen molar-refractivity contribution in [3.63, 3.8) is 0 Å². The van der Waals surface area contributed by atoms with Crippen molar-refractivity contribution >= 4 is 44.0 Å². The van der Waals surface area contributed by atoms with Crippen LogP contribution in [0.1, 0.15) is 12.8 Å². The molecule has 1 aromatic heterocycles. The number of thiazole rings is 1. The molecule has 2 heterocycles. The van der Waals surface area contributed by atoms with E-state index in [9.17, 15) is 22.0 Å². The number of aromatic nitrogens is 1. The average molecular weight is 498 g/mol. The van der Waals surface area contributed by atoms with Gasteiger partial charge in [0.15, 0.2) is 5.13 Å². The summed E-state index contributed by atoms with van der Waals surface area (Å²) in [7, 11) is -3.66. The molecule has 1 aliphatic heterocycles. The van der Waals surface area contributed by atoms with E-state index in [-0.39, 0.29) is 46.2 Å². The molecule has 0 bridgehead atoms. The maximum Gasteiger partial charge on any atom is 0.243 e. The lowest BCUT2D eigenvalue weighted by molar-refractivity contribution is -0.120. The van der Waals surface area contributed by atoms with Gasteiger partial charge >= 0.3 is 0 Å². The third kappa shape index (κ3) is 4.83. The predicted molar refractivity (Wildman–Crippen MR) is 119 cm³/mol. The Kier molecular flexibility index (Phi) is 6.57. The number of hydrogen-bond donors (Lipinski definition) is 1. The lowest BCUT2D eigenvalue weighted by Gasteiger charge is -2.30. The number of hydrogen-bond acceptors (Lipinski definition) is 5. The first-order valence-corrected chi connectivity index (χ1v) is 12.4. The third-order valence-corrected chi connectivity index (χ3v) is 8.14. The number of halogens is 3. The topological polar surface area (TPSA) is 79.4 Å². The van der Waals surface area contributed by atoms with Crippen LogP contribution in [0.3, 0.4) is 0 Å². The molecule has 1 saturated heterocycles. The van der Waals surface area contributed by atoms with Crippen molar-refractivity contribution in [2.75, 3.05) is 18.4 Å². The highest BCUT2D eigenvalue weighted by Gasteiger charge is 2.32. The molecule has 0 spiro atoms. The van der Waals surface area contributed by atoms with Crippen molar-refractivity contribution in [1.29, 1.82) is 0 Å². The van der Waals surface area contributed by atoms with E-state index in [1.54, 1.807) is 0 Å². The van der Waals surface area contributed by atoms with Crippen molar-refractivity contribution in [3.05, 3.63) is 64.5 Å². The van der Waals surface area contributed by atoms with Crippen LogP contribution in [0.5, 0.6) is 0 Å². The maximum absolute atomic E-state index is 13.9. The summed E-state index contributed by atoms with van der Waals surface area (Å²) in [5.74, 6) is -1.86. The van der Waals surface area contributed by atoms with Crippen LogP contribution in [0.25, 0.3) is 11.3 Å². The van der Waals surface area contributed by atoms with E-state index in [2.05, 4.69) is 10.3 Å². The molecule has 0 aliphatic carbocycles. The van der Waals surface area contributed by atoms with E-state index in [1.165, 1.54) is 34.0 Å². The Labute approximate surface area is 192 Å². The number of nitrogens with one attached hydrogen (secondary N) is 1. The minimum Gasteiger partial charge on any atom is -0.302 e. The van der Waals surface area contributed by atoms with Crippen LogP contribution in [0.4, 0.5) is 13.9 Å². The fraction of sp³-hybridized carbons (Fsp3) is 0.238. The van der Waals surface area contributed by atoms with Crippen molar-refractivity contribution < 1.29 is 22.0 Å². The van der Waals surface area contributed by atoms with E-state index < -0.39 is 21.7 Å². The second-order valence-electron chi connectivity index (χ2n) is 7.28. The van der Waals surface area contributed by atoms with Gasteiger partial charge in [0.1, 0.15) is 11.6 Å². The number of sulfonamides is 1. The largest absolute Gasteiger partial charge is 0.302 e. The summed E-state index contributed by atoms with van der Waals surface area (Å²) in [5, 5.41) is 4.95. The lowest BCUT2D eigenvalue weighted by atomic mass is 9.97. The summed E-state index contributed by atoms with van der Waals surface area (Å²) in [6, 6.07) is 9.05. The summed E-state index contributed by atoms with van der Waals surface area (Å²) in [6.07, 6.45) is 0.713. The zero-order valence-electron chi connectivity index (χ0n) is 16.6. The Balaban J connectivity index is 1.38. The van der Waals surface area contributed by atoms with Crippen LogP contribution in [0, 0.1) is 17.6 Å². The second-order valence-corrected chi connectivity index (χ2v) is 10.5. The minimum absolute atomic E-state index is 0.0162. The normalized spacial score (nSPS) is 15.6. The van der Waals surface area contributed by atoms with Crippen LogP contribution < -0.4 is 5.32 Å². The summed E-state index contributed by atoms with van der Waals surface area (Å²) >= 11 is 6.93. The Morgan fingerprint density at radius 2 is 1.81 bits per heavy atom. The van der Waals surface area contributed by atoms with Gasteiger partial charge in [0.2, 0.25) is 15.9 Å². The quantitative estimate of drug-likeness (QED) is 0.550. The SMILES string of the molecule is O=C(Nc1nc(-c2cc(F)ccc2F)cs1)C1CCN(S(=O)(=O)c2ccc(Cl)cc2)CC1. The van der Waals surface area contributed by atoms with E-state index in [1.807, 2.05) is 0 Å². The molecule has 1 fully saturated rings. The van der Waals surface area contributed by atoms with Gasteiger partial charge in [0, 0.05) is 35.0 Å². The first-order valence-electron chi connectivity index (χ1n) is 9.71. The lowest BCUT2D eigenvalue weighted by Crippen LogP contribution is -2.41. The molecular weight excluding hydrogens is 480 g/mol. The number of amides is 1. The maximum atomic E-state index is 13.9. The van der Waals surface area contributed by atoms with Crippen molar-refractivity contribution in [2.24, 2.45) is 5.92 Å². The summed E-state index contributed by atoms with van der Waals surface area (Å²) in [4.78, 5) is 17.0. The molecule has 3 aromatic rings. The Hall–Kier alpha value is -2.40. The Bertz CT molecular complexity index is 1240. The number of nitrogens with zero attached hydrogens (tertiary/aromatic N) is 2. The van der Waals surface area contributed by atoms with Crippen LogP contribution in [-0.4, -0.2) is 36.7 Å². The number of rotatable bonds is 5. The first-order chi connectivity index (χ1) is 15.2. The molecule has 11 heteroatoms. The van der Waals surface area contributed by atoms with Crippen LogP contribution in [0.15, 0.2) is 52.7 Å². The molecule has 32 heavy (non-hydrogen) atoms. The van der Waals surface area contributed by atoms with Gasteiger partial charge in [-0.05, 0) is 55.3 Å². The average Bonchev–Trinajstić information content (AvgIpc) is 3.24. The summed E-state index contributed by atoms with van der Waals surface area (Å²) in [6.45, 7) is 0.418. The predicted octanol–water partition coefficient (Wildman–Crippen LogP) is 4.78. The summed E-state index contributed by atoms with van der Waals surface area (Å²) in [5.41, 5.74) is 0.244. The molecule has 1 aliphatic rings. The fourth-order valence-corrected chi connectivity index (χ4v) is 5.78. The van der Waals surface area contributed by atoms with Crippen molar-refractivity contribution in [2.45, 2.75) is 17.7 Å². The van der Waals surface area contributed by atoms with Gasteiger partial charge in [0.05, 0.1) is 10.6 Å². The molecule has 4 rings (SSSR count). The highest BCUT2D eigenvalue weighted by atomic mass is 35.5. The van der Waals surface area contributed by atoms with Crippen molar-refractivity contribution in [1.82, 2.24) is 9.29 Å².